The minimum atomic E-state index is -0.833. The molecule has 0 heterocycles. The summed E-state index contributed by atoms with van der Waals surface area (Å²) in [5.74, 6) is -2.41. The van der Waals surface area contributed by atoms with E-state index < -0.39 is 23.0 Å². The standard InChI is InChI=1S/C12H4BrClF3/c13-6-4-9(16)11(10(17)5-6)7-2-1-3-8(15)12(7)14/h1,3-5H. The van der Waals surface area contributed by atoms with E-state index in [1.54, 1.807) is 0 Å². The Balaban J connectivity index is 2.73. The van der Waals surface area contributed by atoms with E-state index in [9.17, 15) is 13.2 Å². The van der Waals surface area contributed by atoms with Crippen LogP contribution in [-0.2, 0) is 0 Å². The summed E-state index contributed by atoms with van der Waals surface area (Å²) in [5, 5.41) is -0.354. The third-order valence-corrected chi connectivity index (χ3v) is 2.97. The first-order chi connectivity index (χ1) is 8.00. The predicted molar refractivity (Wildman–Crippen MR) is 63.3 cm³/mol. The van der Waals surface area contributed by atoms with Gasteiger partial charge in [0.15, 0.2) is 0 Å². The van der Waals surface area contributed by atoms with E-state index in [1.807, 2.05) is 0 Å². The minimum Gasteiger partial charge on any atom is -0.206 e. The minimum absolute atomic E-state index is 0.130. The van der Waals surface area contributed by atoms with E-state index in [0.717, 1.165) is 18.2 Å². The molecular weight excluding hydrogens is 316 g/mol. The largest absolute Gasteiger partial charge is 0.206 e. The third kappa shape index (κ3) is 2.33. The Morgan fingerprint density at radius 1 is 1.06 bits per heavy atom. The molecule has 0 unspecified atom stereocenters. The maximum Gasteiger partial charge on any atom is 0.142 e. The van der Waals surface area contributed by atoms with Crippen LogP contribution in [0.25, 0.3) is 11.1 Å². The van der Waals surface area contributed by atoms with Crippen molar-refractivity contribution in [2.75, 3.05) is 0 Å². The number of rotatable bonds is 1. The SMILES string of the molecule is Fc1cc[c]c(-c2c(F)cc(Br)cc2F)c1Cl. The molecule has 0 aliphatic carbocycles. The van der Waals surface area contributed by atoms with Crippen LogP contribution in [-0.4, -0.2) is 0 Å². The molecule has 0 fully saturated rings. The topological polar surface area (TPSA) is 0 Å². The van der Waals surface area contributed by atoms with Crippen LogP contribution in [0.5, 0.6) is 0 Å². The van der Waals surface area contributed by atoms with Crippen molar-refractivity contribution in [1.29, 1.82) is 0 Å². The average molecular weight is 321 g/mol. The second kappa shape index (κ2) is 4.70. The molecule has 0 aliphatic heterocycles. The molecule has 0 saturated heterocycles. The lowest BCUT2D eigenvalue weighted by molar-refractivity contribution is 0.587. The molecule has 2 aromatic carbocycles. The van der Waals surface area contributed by atoms with E-state index in [-0.39, 0.29) is 15.1 Å². The molecule has 2 aromatic rings. The highest BCUT2D eigenvalue weighted by molar-refractivity contribution is 9.10. The van der Waals surface area contributed by atoms with Gasteiger partial charge in [-0.15, -0.1) is 0 Å². The molecule has 87 valence electrons. The van der Waals surface area contributed by atoms with E-state index >= 15 is 0 Å². The second-order valence-electron chi connectivity index (χ2n) is 3.26. The third-order valence-electron chi connectivity index (χ3n) is 2.14. The van der Waals surface area contributed by atoms with Gasteiger partial charge in [0, 0.05) is 10.0 Å². The first-order valence-electron chi connectivity index (χ1n) is 4.51. The summed E-state index contributed by atoms with van der Waals surface area (Å²) in [5.41, 5.74) is -0.521. The van der Waals surface area contributed by atoms with Gasteiger partial charge >= 0.3 is 0 Å². The van der Waals surface area contributed by atoms with E-state index in [0.29, 0.717) is 0 Å². The van der Waals surface area contributed by atoms with Gasteiger partial charge in [-0.2, -0.15) is 0 Å². The van der Waals surface area contributed by atoms with E-state index in [2.05, 4.69) is 22.0 Å². The zero-order chi connectivity index (χ0) is 12.6. The normalized spacial score (nSPS) is 10.6. The van der Waals surface area contributed by atoms with E-state index in [4.69, 9.17) is 11.6 Å². The summed E-state index contributed by atoms with van der Waals surface area (Å²) < 4.78 is 40.7. The number of hydrogen-bond donors (Lipinski definition) is 0. The van der Waals surface area contributed by atoms with Crippen molar-refractivity contribution in [3.8, 4) is 11.1 Å². The number of hydrogen-bond acceptors (Lipinski definition) is 0. The Morgan fingerprint density at radius 2 is 1.65 bits per heavy atom. The lowest BCUT2D eigenvalue weighted by Gasteiger charge is -2.08. The van der Waals surface area contributed by atoms with Gasteiger partial charge in [0.2, 0.25) is 0 Å². The van der Waals surface area contributed by atoms with Crippen LogP contribution >= 0.6 is 27.5 Å². The molecule has 0 atom stereocenters. The molecule has 0 saturated carbocycles. The summed E-state index contributed by atoms with van der Waals surface area (Å²) in [6, 6.07) is 6.97. The fourth-order valence-corrected chi connectivity index (χ4v) is 2.03. The molecule has 1 radical (unpaired) electrons. The van der Waals surface area contributed by atoms with Gasteiger partial charge < -0.3 is 0 Å². The first-order valence-corrected chi connectivity index (χ1v) is 5.68. The van der Waals surface area contributed by atoms with Gasteiger partial charge in [0.05, 0.1) is 10.6 Å². The van der Waals surface area contributed by atoms with Crippen molar-refractivity contribution < 1.29 is 13.2 Å². The predicted octanol–water partition coefficient (Wildman–Crippen LogP) is 4.99. The van der Waals surface area contributed by atoms with Crippen LogP contribution in [0.3, 0.4) is 0 Å². The highest BCUT2D eigenvalue weighted by Crippen LogP contribution is 2.34. The van der Waals surface area contributed by atoms with Crippen LogP contribution in [0, 0.1) is 23.5 Å². The summed E-state index contributed by atoms with van der Waals surface area (Å²) in [6.07, 6.45) is 0. The Hall–Kier alpha value is -1.00. The van der Waals surface area contributed by atoms with Crippen molar-refractivity contribution in [3.63, 3.8) is 0 Å². The van der Waals surface area contributed by atoms with Crippen LogP contribution in [0.2, 0.25) is 5.02 Å². The van der Waals surface area contributed by atoms with Gasteiger partial charge in [-0.1, -0.05) is 33.6 Å². The Bertz CT molecular complexity index is 561. The molecule has 0 bridgehead atoms. The molecular formula is C12H4BrClF3. The lowest BCUT2D eigenvalue weighted by atomic mass is 10.0. The van der Waals surface area contributed by atoms with Crippen molar-refractivity contribution >= 4 is 27.5 Å². The monoisotopic (exact) mass is 319 g/mol. The Morgan fingerprint density at radius 3 is 2.24 bits per heavy atom. The van der Waals surface area contributed by atoms with Crippen molar-refractivity contribution in [3.05, 3.63) is 57.3 Å². The molecule has 2 rings (SSSR count). The Labute approximate surface area is 109 Å². The zero-order valence-electron chi connectivity index (χ0n) is 8.20. The quantitative estimate of drug-likeness (QED) is 0.694. The molecule has 0 amide bonds. The maximum absolute atomic E-state index is 13.6. The number of halogens is 5. The molecule has 0 N–H and O–H groups in total. The highest BCUT2D eigenvalue weighted by Gasteiger charge is 2.17. The summed E-state index contributed by atoms with van der Waals surface area (Å²) >= 11 is 8.62. The van der Waals surface area contributed by atoms with Crippen LogP contribution < -0.4 is 0 Å². The molecule has 0 spiro atoms. The van der Waals surface area contributed by atoms with Gasteiger partial charge in [0.1, 0.15) is 17.5 Å². The van der Waals surface area contributed by atoms with Crippen molar-refractivity contribution in [2.24, 2.45) is 0 Å². The molecule has 0 nitrogen and oxygen atoms in total. The summed E-state index contributed by atoms with van der Waals surface area (Å²) in [4.78, 5) is 0. The summed E-state index contributed by atoms with van der Waals surface area (Å²) in [7, 11) is 0. The van der Waals surface area contributed by atoms with E-state index in [1.165, 1.54) is 6.07 Å². The van der Waals surface area contributed by atoms with Crippen molar-refractivity contribution in [1.82, 2.24) is 0 Å². The van der Waals surface area contributed by atoms with Crippen LogP contribution in [0.1, 0.15) is 0 Å². The smallest absolute Gasteiger partial charge is 0.142 e. The van der Waals surface area contributed by atoms with Gasteiger partial charge in [-0.3, -0.25) is 0 Å². The van der Waals surface area contributed by atoms with Gasteiger partial charge in [-0.25, -0.2) is 13.2 Å². The summed E-state index contributed by atoms with van der Waals surface area (Å²) in [6.45, 7) is 0. The Kier molecular flexibility index (Phi) is 3.45. The van der Waals surface area contributed by atoms with Crippen LogP contribution in [0.4, 0.5) is 13.2 Å². The molecule has 0 aromatic heterocycles. The average Bonchev–Trinajstić information content (AvgIpc) is 2.23. The van der Waals surface area contributed by atoms with Crippen LogP contribution in [0.15, 0.2) is 28.7 Å². The zero-order valence-corrected chi connectivity index (χ0v) is 10.5. The molecule has 17 heavy (non-hydrogen) atoms. The fraction of sp³-hybridized carbons (Fsp3) is 0. The highest BCUT2D eigenvalue weighted by atomic mass is 79.9. The second-order valence-corrected chi connectivity index (χ2v) is 4.55. The lowest BCUT2D eigenvalue weighted by Crippen LogP contribution is -1.93. The van der Waals surface area contributed by atoms with Gasteiger partial charge in [-0.05, 0) is 24.3 Å². The van der Waals surface area contributed by atoms with Crippen molar-refractivity contribution in [2.45, 2.75) is 0 Å². The van der Waals surface area contributed by atoms with Gasteiger partial charge in [0.25, 0.3) is 0 Å². The fourth-order valence-electron chi connectivity index (χ4n) is 1.42. The molecule has 0 aliphatic rings. The first kappa shape index (κ1) is 12.5. The maximum atomic E-state index is 13.6. The number of benzene rings is 2. The molecule has 5 heteroatoms.